The monoisotopic (exact) mass is 1120 g/mol. The Morgan fingerprint density at radius 2 is 0.810 bits per heavy atom. The zero-order valence-electron chi connectivity index (χ0n) is 50.1. The molecule has 79 heavy (non-hydrogen) atoms. The predicted molar refractivity (Wildman–Crippen MR) is 318 cm³/mol. The van der Waals surface area contributed by atoms with E-state index in [9.17, 15) is 45.6 Å². The fourth-order valence-electron chi connectivity index (χ4n) is 10.8. The first kappa shape index (κ1) is 73.3. The van der Waals surface area contributed by atoms with Crippen LogP contribution in [-0.2, 0) is 23.7 Å². The maximum absolute atomic E-state index is 13.3. The van der Waals surface area contributed by atoms with Gasteiger partial charge in [0.15, 0.2) is 12.6 Å². The Balaban J connectivity index is 1.72. The molecule has 0 aromatic heterocycles. The number of hydrogen-bond donors (Lipinski definition) is 9. The van der Waals surface area contributed by atoms with Crippen molar-refractivity contribution in [1.29, 1.82) is 0 Å². The van der Waals surface area contributed by atoms with Gasteiger partial charge in [0, 0.05) is 6.42 Å². The van der Waals surface area contributed by atoms with Gasteiger partial charge in [0.05, 0.1) is 32.0 Å². The summed E-state index contributed by atoms with van der Waals surface area (Å²) in [5.41, 5.74) is 0. The van der Waals surface area contributed by atoms with Crippen LogP contribution in [0.25, 0.3) is 0 Å². The van der Waals surface area contributed by atoms with Gasteiger partial charge in [0.2, 0.25) is 5.91 Å². The molecule has 0 radical (unpaired) electrons. The molecule has 14 heteroatoms. The molecule has 0 aromatic carbocycles. The average molecular weight is 1120 g/mol. The molecule has 12 atom stereocenters. The van der Waals surface area contributed by atoms with E-state index in [1.165, 1.54) is 199 Å². The first-order chi connectivity index (χ1) is 38.6. The van der Waals surface area contributed by atoms with Crippen LogP contribution in [0.3, 0.4) is 0 Å². The number of amides is 1. The molecule has 9 N–H and O–H groups in total. The number of rotatable bonds is 53. The van der Waals surface area contributed by atoms with Crippen molar-refractivity contribution in [3.05, 3.63) is 36.5 Å². The largest absolute Gasteiger partial charge is 0.394 e. The van der Waals surface area contributed by atoms with Crippen LogP contribution in [0.1, 0.15) is 277 Å². The van der Waals surface area contributed by atoms with Crippen molar-refractivity contribution >= 4 is 5.91 Å². The van der Waals surface area contributed by atoms with Crippen LogP contribution in [0.5, 0.6) is 0 Å². The van der Waals surface area contributed by atoms with Crippen LogP contribution >= 0.6 is 0 Å². The zero-order chi connectivity index (χ0) is 57.4. The van der Waals surface area contributed by atoms with E-state index in [1.807, 2.05) is 6.08 Å². The lowest BCUT2D eigenvalue weighted by molar-refractivity contribution is -0.359. The summed E-state index contributed by atoms with van der Waals surface area (Å²) < 4.78 is 22.8. The summed E-state index contributed by atoms with van der Waals surface area (Å²) in [7, 11) is 0. The standard InChI is InChI=1S/C65H121NO13/c1-3-5-7-9-11-13-15-17-19-21-22-23-24-25-26-27-28-29-30-31-32-33-34-36-38-40-42-44-46-48-54(69)53(66-57(70)49-47-45-43-41-39-37-35-20-18-16-14-12-10-8-6-4-2)52-76-64-62(75)60(73)63(56(51-68)78-64)79-65-61(74)59(72)58(71)55(50-67)77-65/h32-33,38,40,46,48,53-56,58-65,67-69,71-75H,3-31,34-37,39,41-45,47,49-52H2,1-2H3,(H,66,70)/b33-32+,40-38+,48-46+. The minimum Gasteiger partial charge on any atom is -0.394 e. The SMILES string of the molecule is CCCCCCCCCCCCCCCCCCCCC/C=C/CC/C=C/CC/C=C/C(O)C(COC1OC(CO)C(OC2OC(CO)C(O)C(O)C2O)C(O)C1O)NC(=O)CCCCCCCCCCCCCCCCCC. The van der Waals surface area contributed by atoms with Crippen LogP contribution in [0.2, 0.25) is 0 Å². The molecule has 2 saturated heterocycles. The molecule has 0 aliphatic carbocycles. The van der Waals surface area contributed by atoms with Gasteiger partial charge < -0.3 is 65.1 Å². The molecule has 2 aliphatic rings. The van der Waals surface area contributed by atoms with Crippen molar-refractivity contribution in [1.82, 2.24) is 5.32 Å². The summed E-state index contributed by atoms with van der Waals surface area (Å²) in [6, 6.07) is -0.936. The summed E-state index contributed by atoms with van der Waals surface area (Å²) in [5, 5.41) is 87.2. The van der Waals surface area contributed by atoms with Crippen LogP contribution < -0.4 is 5.32 Å². The van der Waals surface area contributed by atoms with E-state index in [4.69, 9.17) is 18.9 Å². The second-order valence-electron chi connectivity index (χ2n) is 23.2. The van der Waals surface area contributed by atoms with E-state index in [1.54, 1.807) is 6.08 Å². The molecule has 14 nitrogen and oxygen atoms in total. The van der Waals surface area contributed by atoms with Crippen LogP contribution in [0, 0.1) is 0 Å². The Hall–Kier alpha value is -1.79. The number of ether oxygens (including phenoxy) is 4. The van der Waals surface area contributed by atoms with Crippen molar-refractivity contribution in [2.45, 2.75) is 351 Å². The number of carbonyl (C=O) groups excluding carboxylic acids is 1. The molecule has 1 amide bonds. The Kier molecular flexibility index (Phi) is 47.0. The normalized spacial score (nSPS) is 24.6. The minimum atomic E-state index is -1.79. The molecule has 12 unspecified atom stereocenters. The van der Waals surface area contributed by atoms with E-state index < -0.39 is 86.8 Å². The highest BCUT2D eigenvalue weighted by Gasteiger charge is 2.51. The van der Waals surface area contributed by atoms with Crippen molar-refractivity contribution in [2.24, 2.45) is 0 Å². The molecule has 2 rings (SSSR count). The van der Waals surface area contributed by atoms with Crippen LogP contribution in [0.15, 0.2) is 36.5 Å². The molecular formula is C65H121NO13. The molecular weight excluding hydrogens is 1000 g/mol. The second-order valence-corrected chi connectivity index (χ2v) is 23.2. The highest BCUT2D eigenvalue weighted by molar-refractivity contribution is 5.76. The van der Waals surface area contributed by atoms with Crippen LogP contribution in [0.4, 0.5) is 0 Å². The zero-order valence-corrected chi connectivity index (χ0v) is 50.1. The van der Waals surface area contributed by atoms with Gasteiger partial charge in [-0.05, 0) is 44.9 Å². The van der Waals surface area contributed by atoms with Gasteiger partial charge in [-0.25, -0.2) is 0 Å². The first-order valence-corrected chi connectivity index (χ1v) is 32.7. The fraction of sp³-hybridized carbons (Fsp3) is 0.892. The lowest BCUT2D eigenvalue weighted by atomic mass is 9.97. The van der Waals surface area contributed by atoms with Crippen molar-refractivity contribution in [3.63, 3.8) is 0 Å². The van der Waals surface area contributed by atoms with Gasteiger partial charge in [-0.2, -0.15) is 0 Å². The number of unbranched alkanes of at least 4 members (excludes halogenated alkanes) is 36. The Labute approximate surface area is 481 Å². The number of aliphatic hydroxyl groups excluding tert-OH is 8. The fourth-order valence-corrected chi connectivity index (χ4v) is 10.8. The third-order valence-electron chi connectivity index (χ3n) is 16.1. The van der Waals surface area contributed by atoms with Gasteiger partial charge in [0.25, 0.3) is 0 Å². The third-order valence-corrected chi connectivity index (χ3v) is 16.1. The maximum Gasteiger partial charge on any atom is 0.220 e. The highest BCUT2D eigenvalue weighted by atomic mass is 16.7. The van der Waals surface area contributed by atoms with Crippen molar-refractivity contribution in [2.75, 3.05) is 19.8 Å². The van der Waals surface area contributed by atoms with E-state index in [2.05, 4.69) is 43.5 Å². The van der Waals surface area contributed by atoms with Gasteiger partial charge in [-0.15, -0.1) is 0 Å². The third kappa shape index (κ3) is 35.8. The van der Waals surface area contributed by atoms with Gasteiger partial charge >= 0.3 is 0 Å². The van der Waals surface area contributed by atoms with E-state index in [-0.39, 0.29) is 18.9 Å². The van der Waals surface area contributed by atoms with Crippen molar-refractivity contribution < 1.29 is 64.6 Å². The molecule has 2 aliphatic heterocycles. The number of carbonyl (C=O) groups is 1. The molecule has 0 spiro atoms. The Morgan fingerprint density at radius 3 is 1.24 bits per heavy atom. The molecule has 2 fully saturated rings. The summed E-state index contributed by atoms with van der Waals surface area (Å²) >= 11 is 0. The topological polar surface area (TPSA) is 228 Å². The second kappa shape index (κ2) is 50.7. The van der Waals surface area contributed by atoms with Crippen molar-refractivity contribution in [3.8, 4) is 0 Å². The van der Waals surface area contributed by atoms with E-state index in [0.29, 0.717) is 12.8 Å². The maximum atomic E-state index is 13.3. The van der Waals surface area contributed by atoms with E-state index in [0.717, 1.165) is 44.9 Å². The summed E-state index contributed by atoms with van der Waals surface area (Å²) in [5.74, 6) is -0.250. The van der Waals surface area contributed by atoms with Gasteiger partial charge in [0.1, 0.15) is 48.8 Å². The molecule has 464 valence electrons. The minimum absolute atomic E-state index is 0.250. The lowest BCUT2D eigenvalue weighted by Gasteiger charge is -2.46. The number of allylic oxidation sites excluding steroid dienone is 5. The van der Waals surface area contributed by atoms with Crippen LogP contribution in [-0.4, -0.2) is 140 Å². The summed E-state index contributed by atoms with van der Waals surface area (Å²) in [4.78, 5) is 13.3. The van der Waals surface area contributed by atoms with Gasteiger partial charge in [-0.3, -0.25) is 4.79 Å². The Morgan fingerprint density at radius 1 is 0.443 bits per heavy atom. The number of hydrogen-bond acceptors (Lipinski definition) is 13. The molecule has 0 aromatic rings. The smallest absolute Gasteiger partial charge is 0.220 e. The average Bonchev–Trinajstić information content (AvgIpc) is 3.47. The van der Waals surface area contributed by atoms with E-state index >= 15 is 0 Å². The summed E-state index contributed by atoms with van der Waals surface area (Å²) in [6.45, 7) is 2.80. The molecule has 2 heterocycles. The number of nitrogens with one attached hydrogen (secondary N) is 1. The molecule has 0 saturated carbocycles. The first-order valence-electron chi connectivity index (χ1n) is 32.7. The quantitative estimate of drug-likeness (QED) is 0.0204. The Bertz CT molecular complexity index is 1460. The number of aliphatic hydroxyl groups is 8. The highest BCUT2D eigenvalue weighted by Crippen LogP contribution is 2.30. The summed E-state index contributed by atoms with van der Waals surface area (Å²) in [6.07, 6.45) is 46.3. The van der Waals surface area contributed by atoms with Gasteiger partial charge in [-0.1, -0.05) is 262 Å². The predicted octanol–water partition coefficient (Wildman–Crippen LogP) is 12.2. The lowest BCUT2D eigenvalue weighted by Crippen LogP contribution is -2.65. The molecule has 0 bridgehead atoms.